The number of fused-ring (bicyclic) bond motifs is 6. The average molecular weight is 603 g/mol. The summed E-state index contributed by atoms with van der Waals surface area (Å²) in [6.07, 6.45) is 0. The number of hydrogen-bond donors (Lipinski definition) is 0. The van der Waals surface area contributed by atoms with Crippen LogP contribution < -0.4 is 0 Å². The maximum Gasteiger partial charge on any atom is 0.0215 e. The molecule has 0 fully saturated rings. The minimum Gasteiger partial charge on any atom is -0.0619 e. The highest BCUT2D eigenvalue weighted by molar-refractivity contribution is 6.25. The molecule has 0 bridgehead atoms. The predicted molar refractivity (Wildman–Crippen MR) is 200 cm³/mol. The highest BCUT2D eigenvalue weighted by atomic mass is 14.7. The van der Waals surface area contributed by atoms with E-state index < -0.39 is 0 Å². The molecule has 0 spiro atoms. The minimum absolute atomic E-state index is 0.340. The lowest BCUT2D eigenvalue weighted by Gasteiger charge is -2.30. The van der Waals surface area contributed by atoms with Crippen molar-refractivity contribution in [3.8, 4) is 11.1 Å². The lowest BCUT2D eigenvalue weighted by molar-refractivity contribution is 0.707. The third-order valence-corrected chi connectivity index (χ3v) is 13.1. The molecule has 0 N–H and O–H groups in total. The number of rotatable bonds is 2. The molecular formula is C48H26. The first-order chi connectivity index (χ1) is 23.8. The van der Waals surface area contributed by atoms with E-state index in [0.717, 1.165) is 0 Å². The summed E-state index contributed by atoms with van der Waals surface area (Å²) in [7, 11) is 0. The second kappa shape index (κ2) is 7.53. The largest absolute Gasteiger partial charge is 0.0619 e. The number of hydrogen-bond acceptors (Lipinski definition) is 0. The Balaban J connectivity index is 1.01. The molecule has 4 atom stereocenters. The summed E-state index contributed by atoms with van der Waals surface area (Å²) in [6.45, 7) is 0. The Labute approximate surface area is 276 Å². The van der Waals surface area contributed by atoms with E-state index in [2.05, 4.69) is 133 Å². The van der Waals surface area contributed by atoms with E-state index in [1.165, 1.54) is 86.9 Å². The van der Waals surface area contributed by atoms with Gasteiger partial charge < -0.3 is 0 Å². The van der Waals surface area contributed by atoms with Gasteiger partial charge >= 0.3 is 0 Å². The SMILES string of the molecule is c1ccc2c(c1)-c1c3c(c4c5c1C5C4c1ccc4ccc5cccc6ccc1c4c56)C3C2c1ccc2ccc3cccc4ccc1c2c34. The van der Waals surface area contributed by atoms with Crippen molar-refractivity contribution in [1.82, 2.24) is 0 Å². The van der Waals surface area contributed by atoms with Crippen LogP contribution in [0.1, 0.15) is 68.2 Å². The molecule has 0 aliphatic heterocycles. The smallest absolute Gasteiger partial charge is 0.0215 e. The first-order valence-corrected chi connectivity index (χ1v) is 17.5. The van der Waals surface area contributed by atoms with Crippen LogP contribution in [0.5, 0.6) is 0 Å². The van der Waals surface area contributed by atoms with Crippen LogP contribution in [0.25, 0.3) is 75.8 Å². The Kier molecular flexibility index (Phi) is 3.70. The summed E-state index contributed by atoms with van der Waals surface area (Å²) in [5, 5.41) is 16.7. The zero-order chi connectivity index (χ0) is 30.6. The second-order valence-corrected chi connectivity index (χ2v) is 15.0. The molecule has 0 saturated heterocycles. The highest BCUT2D eigenvalue weighted by Crippen LogP contribution is 2.80. The molecular weight excluding hydrogens is 577 g/mol. The van der Waals surface area contributed by atoms with Gasteiger partial charge in [0.15, 0.2) is 0 Å². The molecule has 10 aromatic carbocycles. The van der Waals surface area contributed by atoms with Crippen LogP contribution in [0.2, 0.25) is 0 Å². The average Bonchev–Trinajstić information content (AvgIpc) is 4.04. The van der Waals surface area contributed by atoms with Gasteiger partial charge in [-0.05, 0) is 120 Å². The molecule has 0 saturated carbocycles. The summed E-state index contributed by atoms with van der Waals surface area (Å²) < 4.78 is 0. The fraction of sp³-hybridized carbons (Fsp3) is 0.0833. The van der Waals surface area contributed by atoms with E-state index >= 15 is 0 Å². The molecule has 0 radical (unpaired) electrons. The summed E-state index contributed by atoms with van der Waals surface area (Å²) in [4.78, 5) is 0. The fourth-order valence-electron chi connectivity index (χ4n) is 11.3. The molecule has 218 valence electrons. The maximum absolute atomic E-state index is 2.47. The lowest BCUT2D eigenvalue weighted by atomic mass is 9.72. The first kappa shape index (κ1) is 23.6. The molecule has 14 rings (SSSR count). The Morgan fingerprint density at radius 3 is 1.29 bits per heavy atom. The molecule has 0 heterocycles. The Morgan fingerprint density at radius 1 is 0.271 bits per heavy atom. The monoisotopic (exact) mass is 602 g/mol. The molecule has 4 aliphatic rings. The predicted octanol–water partition coefficient (Wildman–Crippen LogP) is 12.3. The van der Waals surface area contributed by atoms with Gasteiger partial charge in [0.2, 0.25) is 0 Å². The maximum atomic E-state index is 2.47. The van der Waals surface area contributed by atoms with Crippen molar-refractivity contribution in [3.05, 3.63) is 178 Å². The van der Waals surface area contributed by atoms with Crippen molar-refractivity contribution in [2.45, 2.75) is 23.7 Å². The van der Waals surface area contributed by atoms with E-state index in [0.29, 0.717) is 23.7 Å². The molecule has 4 unspecified atom stereocenters. The first-order valence-electron chi connectivity index (χ1n) is 17.5. The van der Waals surface area contributed by atoms with Gasteiger partial charge in [-0.15, -0.1) is 0 Å². The fourth-order valence-corrected chi connectivity index (χ4v) is 11.3. The molecule has 0 nitrogen and oxygen atoms in total. The molecule has 0 amide bonds. The molecule has 0 aromatic heterocycles. The summed E-state index contributed by atoms with van der Waals surface area (Å²) in [5.41, 5.74) is 16.0. The van der Waals surface area contributed by atoms with Gasteiger partial charge in [-0.2, -0.15) is 0 Å². The van der Waals surface area contributed by atoms with Crippen LogP contribution in [0.3, 0.4) is 0 Å². The topological polar surface area (TPSA) is 0 Å². The van der Waals surface area contributed by atoms with E-state index in [1.54, 1.807) is 33.4 Å². The van der Waals surface area contributed by atoms with Gasteiger partial charge in [-0.1, -0.05) is 133 Å². The zero-order valence-electron chi connectivity index (χ0n) is 26.0. The Bertz CT molecular complexity index is 3110. The lowest BCUT2D eigenvalue weighted by Crippen LogP contribution is -2.14. The third kappa shape index (κ3) is 2.45. The van der Waals surface area contributed by atoms with Crippen molar-refractivity contribution < 1.29 is 0 Å². The normalized spacial score (nSPS) is 20.9. The Hall–Kier alpha value is -5.72. The highest BCUT2D eigenvalue weighted by Gasteiger charge is 2.64. The van der Waals surface area contributed by atoms with Gasteiger partial charge in [-0.3, -0.25) is 0 Å². The van der Waals surface area contributed by atoms with Gasteiger partial charge in [-0.25, -0.2) is 0 Å². The van der Waals surface area contributed by atoms with Gasteiger partial charge in [0.25, 0.3) is 0 Å². The second-order valence-electron chi connectivity index (χ2n) is 15.0. The van der Waals surface area contributed by atoms with Gasteiger partial charge in [0.05, 0.1) is 0 Å². The third-order valence-electron chi connectivity index (χ3n) is 13.1. The minimum atomic E-state index is 0.340. The van der Waals surface area contributed by atoms with Crippen LogP contribution in [0, 0.1) is 0 Å². The van der Waals surface area contributed by atoms with Crippen LogP contribution >= 0.6 is 0 Å². The number of benzene rings is 10. The van der Waals surface area contributed by atoms with Crippen molar-refractivity contribution >= 4 is 64.6 Å². The van der Waals surface area contributed by atoms with E-state index in [4.69, 9.17) is 0 Å². The van der Waals surface area contributed by atoms with Crippen LogP contribution in [-0.2, 0) is 0 Å². The summed E-state index contributed by atoms with van der Waals surface area (Å²) in [6, 6.07) is 51.4. The molecule has 48 heavy (non-hydrogen) atoms. The Morgan fingerprint density at radius 2 is 0.708 bits per heavy atom. The van der Waals surface area contributed by atoms with Crippen molar-refractivity contribution in [3.63, 3.8) is 0 Å². The molecule has 10 aromatic rings. The summed E-state index contributed by atoms with van der Waals surface area (Å²) in [5.74, 6) is 1.87. The zero-order valence-corrected chi connectivity index (χ0v) is 26.0. The van der Waals surface area contributed by atoms with Gasteiger partial charge in [0, 0.05) is 23.7 Å². The van der Waals surface area contributed by atoms with Crippen LogP contribution in [-0.4, -0.2) is 0 Å². The van der Waals surface area contributed by atoms with Crippen LogP contribution in [0.4, 0.5) is 0 Å². The van der Waals surface area contributed by atoms with Crippen molar-refractivity contribution in [1.29, 1.82) is 0 Å². The quantitative estimate of drug-likeness (QED) is 0.173. The summed E-state index contributed by atoms with van der Waals surface area (Å²) >= 11 is 0. The van der Waals surface area contributed by atoms with E-state index in [9.17, 15) is 0 Å². The van der Waals surface area contributed by atoms with E-state index in [-0.39, 0.29) is 0 Å². The standard InChI is InChI=1S/C48H26/c1-2-10-30-29(9-1)39(33-21-17-27-13-11-23-5-3-7-25-15-19-31(33)37(27)35(23)25)42-43-40(30)44-45-41(46(47(42)43)48(44)45)34-22-18-28-14-12-24-6-4-8-26-16-20-32(34)38(28)36(24)26/h1-22,39,41-42,45H. The van der Waals surface area contributed by atoms with Gasteiger partial charge in [0.1, 0.15) is 0 Å². The molecule has 0 heteroatoms. The van der Waals surface area contributed by atoms with Crippen LogP contribution in [0.15, 0.2) is 133 Å². The van der Waals surface area contributed by atoms with Crippen molar-refractivity contribution in [2.75, 3.05) is 0 Å². The molecule has 4 aliphatic carbocycles. The van der Waals surface area contributed by atoms with Crippen molar-refractivity contribution in [2.24, 2.45) is 0 Å². The van der Waals surface area contributed by atoms with E-state index in [1.807, 2.05) is 0 Å².